The van der Waals surface area contributed by atoms with E-state index in [4.69, 9.17) is 10.8 Å². The average Bonchev–Trinajstić information content (AvgIpc) is 2.30. The fourth-order valence-electron chi connectivity index (χ4n) is 1.35. The number of nitrogens with one attached hydrogen (secondary N) is 2. The largest absolute Gasteiger partial charge is 0.480 e. The fraction of sp³-hybridized carbons (Fsp3) is 0.500. The van der Waals surface area contributed by atoms with Gasteiger partial charge < -0.3 is 21.5 Å². The van der Waals surface area contributed by atoms with Gasteiger partial charge in [-0.15, -0.1) is 0 Å². The van der Waals surface area contributed by atoms with Crippen LogP contribution in [0.3, 0.4) is 0 Å². The van der Waals surface area contributed by atoms with Crippen molar-refractivity contribution in [1.29, 1.82) is 0 Å². The Hall–Kier alpha value is -1.89. The SMILES string of the molecule is N[C@H]1C/C=C\C[C@@H](C(=O)O)NC(=O)CNC1=O. The van der Waals surface area contributed by atoms with Crippen molar-refractivity contribution in [2.45, 2.75) is 24.9 Å². The molecule has 0 aliphatic carbocycles. The summed E-state index contributed by atoms with van der Waals surface area (Å²) in [6.45, 7) is -0.268. The van der Waals surface area contributed by atoms with Crippen molar-refractivity contribution >= 4 is 17.8 Å². The summed E-state index contributed by atoms with van der Waals surface area (Å²) in [5.41, 5.74) is 5.55. The van der Waals surface area contributed by atoms with E-state index >= 15 is 0 Å². The molecular weight excluding hydrogens is 226 g/mol. The molecule has 5 N–H and O–H groups in total. The molecule has 94 valence electrons. The van der Waals surface area contributed by atoms with Crippen molar-refractivity contribution in [2.24, 2.45) is 5.73 Å². The number of hydrogen-bond donors (Lipinski definition) is 4. The quantitative estimate of drug-likeness (QED) is 0.410. The molecule has 0 bridgehead atoms. The van der Waals surface area contributed by atoms with E-state index in [0.717, 1.165) is 0 Å². The standard InChI is InChI=1S/C10H15N3O4/c11-6-3-1-2-4-7(10(16)17)13-8(14)5-12-9(6)15/h1-2,6-7H,3-5,11H2,(H,12,15)(H,13,14)(H,16,17)/b2-1-/t6-,7-/m0/s1. The summed E-state index contributed by atoms with van der Waals surface area (Å²) in [5.74, 6) is -2.09. The molecule has 0 unspecified atom stereocenters. The van der Waals surface area contributed by atoms with Gasteiger partial charge in [-0.3, -0.25) is 9.59 Å². The number of hydrogen-bond acceptors (Lipinski definition) is 4. The second kappa shape index (κ2) is 6.00. The third-order valence-electron chi connectivity index (χ3n) is 2.32. The summed E-state index contributed by atoms with van der Waals surface area (Å²) in [6.07, 6.45) is 3.71. The van der Waals surface area contributed by atoms with Gasteiger partial charge >= 0.3 is 5.97 Å². The Labute approximate surface area is 98.0 Å². The second-order valence-corrected chi connectivity index (χ2v) is 3.73. The van der Waals surface area contributed by atoms with Crippen LogP contribution in [0.25, 0.3) is 0 Å². The molecular formula is C10H15N3O4. The normalized spacial score (nSPS) is 28.5. The first-order valence-corrected chi connectivity index (χ1v) is 5.21. The first kappa shape index (κ1) is 13.2. The highest BCUT2D eigenvalue weighted by Gasteiger charge is 2.20. The van der Waals surface area contributed by atoms with Gasteiger partial charge in [0.25, 0.3) is 0 Å². The Kier molecular flexibility index (Phi) is 4.65. The Balaban J connectivity index is 2.73. The Morgan fingerprint density at radius 3 is 2.65 bits per heavy atom. The number of aliphatic carboxylic acids is 1. The minimum atomic E-state index is -1.11. The predicted octanol–water partition coefficient (Wildman–Crippen LogP) is -1.65. The van der Waals surface area contributed by atoms with E-state index in [1.807, 2.05) is 0 Å². The van der Waals surface area contributed by atoms with Crippen LogP contribution in [0.15, 0.2) is 12.2 Å². The number of carboxylic acids is 1. The van der Waals surface area contributed by atoms with Crippen LogP contribution in [0, 0.1) is 0 Å². The predicted molar refractivity (Wildman–Crippen MR) is 58.9 cm³/mol. The van der Waals surface area contributed by atoms with Crippen LogP contribution in [0.2, 0.25) is 0 Å². The van der Waals surface area contributed by atoms with Crippen molar-refractivity contribution in [2.75, 3.05) is 6.54 Å². The van der Waals surface area contributed by atoms with Crippen molar-refractivity contribution < 1.29 is 19.5 Å². The van der Waals surface area contributed by atoms with Crippen molar-refractivity contribution in [1.82, 2.24) is 10.6 Å². The van der Waals surface area contributed by atoms with E-state index in [2.05, 4.69) is 10.6 Å². The molecule has 0 spiro atoms. The lowest BCUT2D eigenvalue weighted by atomic mass is 10.1. The molecule has 2 atom stereocenters. The highest BCUT2D eigenvalue weighted by atomic mass is 16.4. The monoisotopic (exact) mass is 241 g/mol. The zero-order chi connectivity index (χ0) is 12.8. The summed E-state index contributed by atoms with van der Waals surface area (Å²) in [7, 11) is 0. The zero-order valence-electron chi connectivity index (χ0n) is 9.18. The van der Waals surface area contributed by atoms with Crippen LogP contribution >= 0.6 is 0 Å². The minimum Gasteiger partial charge on any atom is -0.480 e. The Bertz CT molecular complexity index is 353. The molecule has 0 aromatic heterocycles. The highest BCUT2D eigenvalue weighted by molar-refractivity contribution is 5.89. The van der Waals surface area contributed by atoms with Crippen molar-refractivity contribution in [3.63, 3.8) is 0 Å². The molecule has 1 aliphatic heterocycles. The van der Waals surface area contributed by atoms with Gasteiger partial charge in [-0.2, -0.15) is 0 Å². The molecule has 7 nitrogen and oxygen atoms in total. The van der Waals surface area contributed by atoms with Crippen LogP contribution in [0.4, 0.5) is 0 Å². The highest BCUT2D eigenvalue weighted by Crippen LogP contribution is 1.99. The number of carboxylic acid groups (broad SMARTS) is 1. The van der Waals surface area contributed by atoms with Crippen LogP contribution < -0.4 is 16.4 Å². The van der Waals surface area contributed by atoms with Crippen LogP contribution in [-0.2, 0) is 14.4 Å². The van der Waals surface area contributed by atoms with E-state index < -0.39 is 29.9 Å². The molecule has 0 saturated carbocycles. The molecule has 7 heteroatoms. The topological polar surface area (TPSA) is 122 Å². The molecule has 0 aromatic carbocycles. The van der Waals surface area contributed by atoms with E-state index in [1.165, 1.54) is 0 Å². The summed E-state index contributed by atoms with van der Waals surface area (Å²) in [4.78, 5) is 33.5. The van der Waals surface area contributed by atoms with Gasteiger partial charge in [-0.25, -0.2) is 4.79 Å². The van der Waals surface area contributed by atoms with Gasteiger partial charge in [0, 0.05) is 0 Å². The number of nitrogens with two attached hydrogens (primary N) is 1. The molecule has 0 aromatic rings. The fourth-order valence-corrected chi connectivity index (χ4v) is 1.35. The van der Waals surface area contributed by atoms with Crippen LogP contribution in [0.1, 0.15) is 12.8 Å². The molecule has 17 heavy (non-hydrogen) atoms. The first-order chi connectivity index (χ1) is 8.00. The maximum atomic E-state index is 11.3. The van der Waals surface area contributed by atoms with Gasteiger partial charge in [-0.1, -0.05) is 12.2 Å². The second-order valence-electron chi connectivity index (χ2n) is 3.73. The average molecular weight is 241 g/mol. The van der Waals surface area contributed by atoms with Gasteiger partial charge in [0.1, 0.15) is 6.04 Å². The van der Waals surface area contributed by atoms with Gasteiger partial charge in [0.05, 0.1) is 12.6 Å². The molecule has 0 saturated heterocycles. The molecule has 1 aliphatic rings. The number of carbonyl (C=O) groups is 3. The number of carbonyl (C=O) groups excluding carboxylic acids is 2. The molecule has 0 radical (unpaired) electrons. The van der Waals surface area contributed by atoms with Gasteiger partial charge in [0.15, 0.2) is 0 Å². The lowest BCUT2D eigenvalue weighted by molar-refractivity contribution is -0.141. The maximum absolute atomic E-state index is 11.3. The zero-order valence-corrected chi connectivity index (χ0v) is 9.18. The smallest absolute Gasteiger partial charge is 0.326 e. The number of rotatable bonds is 1. The third-order valence-corrected chi connectivity index (χ3v) is 2.32. The third kappa shape index (κ3) is 4.23. The van der Waals surface area contributed by atoms with E-state index in [1.54, 1.807) is 12.2 Å². The van der Waals surface area contributed by atoms with Crippen molar-refractivity contribution in [3.05, 3.63) is 12.2 Å². The summed E-state index contributed by atoms with van der Waals surface area (Å²) < 4.78 is 0. The summed E-state index contributed by atoms with van der Waals surface area (Å²) in [6, 6.07) is -1.70. The van der Waals surface area contributed by atoms with E-state index in [-0.39, 0.29) is 13.0 Å². The first-order valence-electron chi connectivity index (χ1n) is 5.21. The van der Waals surface area contributed by atoms with E-state index in [0.29, 0.717) is 6.42 Å². The molecule has 0 fully saturated rings. The van der Waals surface area contributed by atoms with Crippen LogP contribution in [0.5, 0.6) is 0 Å². The number of amides is 2. The van der Waals surface area contributed by atoms with Gasteiger partial charge in [0.2, 0.25) is 11.8 Å². The van der Waals surface area contributed by atoms with Crippen LogP contribution in [-0.4, -0.2) is 41.5 Å². The Morgan fingerprint density at radius 2 is 2.00 bits per heavy atom. The summed E-state index contributed by atoms with van der Waals surface area (Å²) >= 11 is 0. The van der Waals surface area contributed by atoms with Crippen molar-refractivity contribution in [3.8, 4) is 0 Å². The van der Waals surface area contributed by atoms with Gasteiger partial charge in [-0.05, 0) is 12.8 Å². The lowest BCUT2D eigenvalue weighted by Gasteiger charge is -2.12. The summed E-state index contributed by atoms with van der Waals surface area (Å²) in [5, 5.41) is 13.5. The molecule has 1 rings (SSSR count). The van der Waals surface area contributed by atoms with E-state index in [9.17, 15) is 14.4 Å². The molecule has 1 heterocycles. The minimum absolute atomic E-state index is 0.169. The Morgan fingerprint density at radius 1 is 1.35 bits per heavy atom. The lowest BCUT2D eigenvalue weighted by Crippen LogP contribution is -2.47. The maximum Gasteiger partial charge on any atom is 0.326 e. The molecule has 2 amide bonds.